The van der Waals surface area contributed by atoms with E-state index >= 15 is 0 Å². The number of nitrogens with one attached hydrogen (secondary N) is 2. The minimum absolute atomic E-state index is 0. The van der Waals surface area contributed by atoms with Crippen LogP contribution in [-0.2, 0) is 6.54 Å². The van der Waals surface area contributed by atoms with Gasteiger partial charge in [0, 0.05) is 50.6 Å². The van der Waals surface area contributed by atoms with Crippen molar-refractivity contribution >= 4 is 41.4 Å². The molecule has 2 unspecified atom stereocenters. The normalized spacial score (nSPS) is 20.8. The topological polar surface area (TPSA) is 55.8 Å². The van der Waals surface area contributed by atoms with E-state index < -0.39 is 0 Å². The Bertz CT molecular complexity index is 867. The Balaban J connectivity index is 0.00000272. The van der Waals surface area contributed by atoms with Gasteiger partial charge in [0.1, 0.15) is 11.6 Å². The maximum Gasteiger partial charge on any atom is 0.191 e. The number of guanidine groups is 1. The smallest absolute Gasteiger partial charge is 0.191 e. The fraction of sp³-hybridized carbons (Fsp3) is 0.478. The Morgan fingerprint density at radius 3 is 2.45 bits per heavy atom. The summed E-state index contributed by atoms with van der Waals surface area (Å²) in [6, 6.07) is 11.5. The maximum atomic E-state index is 13.2. The van der Waals surface area contributed by atoms with Crippen LogP contribution in [0.1, 0.15) is 25.8 Å². The van der Waals surface area contributed by atoms with Gasteiger partial charge >= 0.3 is 0 Å². The van der Waals surface area contributed by atoms with Crippen molar-refractivity contribution in [1.82, 2.24) is 15.6 Å². The van der Waals surface area contributed by atoms with E-state index in [-0.39, 0.29) is 29.8 Å². The molecule has 2 atom stereocenters. The maximum absolute atomic E-state index is 13.2. The van der Waals surface area contributed by atoms with Crippen LogP contribution in [0.4, 0.5) is 15.9 Å². The molecular weight excluding hydrogens is 506 g/mol. The standard InChI is InChI=1S/C23H31FN6.HI/c1-3-25-23(28-21-14-17(21)2)27-16-18-8-9-26-22(15-18)30-12-10-29(11-13-30)20-6-4-19(24)5-7-20;/h4-9,15,17,21H,3,10-14,16H2,1-2H3,(H2,25,27,28);1H. The van der Waals surface area contributed by atoms with Gasteiger partial charge in [0.25, 0.3) is 0 Å². The van der Waals surface area contributed by atoms with Gasteiger partial charge < -0.3 is 20.4 Å². The predicted octanol–water partition coefficient (Wildman–Crippen LogP) is 3.63. The van der Waals surface area contributed by atoms with E-state index in [0.29, 0.717) is 12.6 Å². The fourth-order valence-electron chi connectivity index (χ4n) is 3.77. The monoisotopic (exact) mass is 538 g/mol. The molecule has 1 saturated heterocycles. The molecule has 31 heavy (non-hydrogen) atoms. The highest BCUT2D eigenvalue weighted by Crippen LogP contribution is 2.28. The van der Waals surface area contributed by atoms with E-state index in [9.17, 15) is 4.39 Å². The molecule has 0 amide bonds. The van der Waals surface area contributed by atoms with Crippen molar-refractivity contribution in [3.05, 3.63) is 54.0 Å². The Morgan fingerprint density at radius 1 is 1.13 bits per heavy atom. The second-order valence-corrected chi connectivity index (χ2v) is 8.13. The summed E-state index contributed by atoms with van der Waals surface area (Å²) in [5, 5.41) is 6.83. The number of aliphatic imine (C=N–C) groups is 1. The van der Waals surface area contributed by atoms with Crippen molar-refractivity contribution in [1.29, 1.82) is 0 Å². The first-order valence-electron chi connectivity index (χ1n) is 10.9. The second kappa shape index (κ2) is 11.0. The molecule has 0 radical (unpaired) electrons. The summed E-state index contributed by atoms with van der Waals surface area (Å²) in [7, 11) is 0. The summed E-state index contributed by atoms with van der Waals surface area (Å²) in [6.45, 7) is 9.39. The first-order valence-corrected chi connectivity index (χ1v) is 10.9. The van der Waals surface area contributed by atoms with Gasteiger partial charge in [0.2, 0.25) is 0 Å². The predicted molar refractivity (Wildman–Crippen MR) is 136 cm³/mol. The Kier molecular flexibility index (Phi) is 8.34. The zero-order valence-electron chi connectivity index (χ0n) is 18.2. The summed E-state index contributed by atoms with van der Waals surface area (Å²) in [5.74, 6) is 2.42. The summed E-state index contributed by atoms with van der Waals surface area (Å²) >= 11 is 0. The zero-order valence-corrected chi connectivity index (χ0v) is 20.6. The lowest BCUT2D eigenvalue weighted by Crippen LogP contribution is -2.46. The highest BCUT2D eigenvalue weighted by Gasteiger charge is 2.33. The largest absolute Gasteiger partial charge is 0.368 e. The molecule has 1 aromatic heterocycles. The molecule has 0 spiro atoms. The highest BCUT2D eigenvalue weighted by molar-refractivity contribution is 14.0. The Morgan fingerprint density at radius 2 is 1.81 bits per heavy atom. The summed E-state index contributed by atoms with van der Waals surface area (Å²) in [4.78, 5) is 13.9. The Labute approximate surface area is 201 Å². The number of nitrogens with zero attached hydrogens (tertiary/aromatic N) is 4. The second-order valence-electron chi connectivity index (χ2n) is 8.13. The number of rotatable bonds is 6. The third-order valence-corrected chi connectivity index (χ3v) is 5.80. The highest BCUT2D eigenvalue weighted by atomic mass is 127. The molecule has 2 aliphatic rings. The van der Waals surface area contributed by atoms with Crippen LogP contribution in [0.15, 0.2) is 47.6 Å². The average Bonchev–Trinajstić information content (AvgIpc) is 3.47. The van der Waals surface area contributed by atoms with Crippen molar-refractivity contribution in [2.24, 2.45) is 10.9 Å². The molecule has 2 aromatic rings. The van der Waals surface area contributed by atoms with E-state index in [4.69, 9.17) is 4.99 Å². The van der Waals surface area contributed by atoms with Crippen LogP contribution in [0.3, 0.4) is 0 Å². The molecule has 2 fully saturated rings. The minimum atomic E-state index is -0.194. The van der Waals surface area contributed by atoms with E-state index in [1.54, 1.807) is 0 Å². The zero-order chi connectivity index (χ0) is 20.9. The number of halogens is 2. The van der Waals surface area contributed by atoms with Gasteiger partial charge in [-0.2, -0.15) is 0 Å². The van der Waals surface area contributed by atoms with Gasteiger partial charge in [-0.25, -0.2) is 14.4 Å². The molecule has 1 aromatic carbocycles. The third-order valence-electron chi connectivity index (χ3n) is 5.80. The van der Waals surface area contributed by atoms with Gasteiger partial charge in [-0.1, -0.05) is 6.92 Å². The average molecular weight is 538 g/mol. The van der Waals surface area contributed by atoms with Crippen LogP contribution in [-0.4, -0.2) is 49.7 Å². The van der Waals surface area contributed by atoms with E-state index in [1.807, 2.05) is 24.4 Å². The molecule has 2 N–H and O–H groups in total. The lowest BCUT2D eigenvalue weighted by molar-refractivity contribution is 0.624. The molecule has 1 aliphatic carbocycles. The van der Waals surface area contributed by atoms with Crippen molar-refractivity contribution in [2.75, 3.05) is 42.5 Å². The molecule has 0 bridgehead atoms. The van der Waals surface area contributed by atoms with Crippen molar-refractivity contribution < 1.29 is 4.39 Å². The molecule has 1 saturated carbocycles. The SMILES string of the molecule is CCNC(=NCc1ccnc(N2CCN(c3ccc(F)cc3)CC2)c1)NC1CC1C.I. The van der Waals surface area contributed by atoms with Crippen molar-refractivity contribution in [3.8, 4) is 0 Å². The third kappa shape index (κ3) is 6.44. The van der Waals surface area contributed by atoms with Gasteiger partial charge in [-0.05, 0) is 61.2 Å². The molecular formula is C23H32FIN6. The first kappa shape index (κ1) is 23.6. The molecule has 6 nitrogen and oxygen atoms in total. The lowest BCUT2D eigenvalue weighted by atomic mass is 10.2. The quantitative estimate of drug-likeness (QED) is 0.335. The molecule has 4 rings (SSSR count). The van der Waals surface area contributed by atoms with Crippen LogP contribution in [0, 0.1) is 11.7 Å². The number of pyridine rings is 1. The van der Waals surface area contributed by atoms with Crippen LogP contribution in [0.5, 0.6) is 0 Å². The number of aromatic nitrogens is 1. The van der Waals surface area contributed by atoms with Crippen molar-refractivity contribution in [2.45, 2.75) is 32.9 Å². The van der Waals surface area contributed by atoms with Crippen molar-refractivity contribution in [3.63, 3.8) is 0 Å². The summed E-state index contributed by atoms with van der Waals surface area (Å²) in [5.41, 5.74) is 2.22. The van der Waals surface area contributed by atoms with Crippen LogP contribution >= 0.6 is 24.0 Å². The summed E-state index contributed by atoms with van der Waals surface area (Å²) in [6.07, 6.45) is 3.09. The molecule has 1 aliphatic heterocycles. The van der Waals surface area contributed by atoms with E-state index in [1.165, 1.54) is 18.6 Å². The van der Waals surface area contributed by atoms with Gasteiger partial charge in [-0.3, -0.25) is 0 Å². The minimum Gasteiger partial charge on any atom is -0.368 e. The number of anilines is 2. The van der Waals surface area contributed by atoms with Gasteiger partial charge in [0.15, 0.2) is 5.96 Å². The molecule has 168 valence electrons. The lowest BCUT2D eigenvalue weighted by Gasteiger charge is -2.36. The number of benzene rings is 1. The van der Waals surface area contributed by atoms with E-state index in [2.05, 4.69) is 45.3 Å². The Hall–Kier alpha value is -2.10. The number of hydrogen-bond donors (Lipinski definition) is 2. The fourth-order valence-corrected chi connectivity index (χ4v) is 3.77. The van der Waals surface area contributed by atoms with Gasteiger partial charge in [0.05, 0.1) is 6.54 Å². The van der Waals surface area contributed by atoms with Gasteiger partial charge in [-0.15, -0.1) is 24.0 Å². The van der Waals surface area contributed by atoms with Crippen LogP contribution in [0.2, 0.25) is 0 Å². The molecule has 2 heterocycles. The molecule has 8 heteroatoms. The van der Waals surface area contributed by atoms with E-state index in [0.717, 1.165) is 61.7 Å². The first-order chi connectivity index (χ1) is 14.6. The number of hydrogen-bond acceptors (Lipinski definition) is 4. The summed E-state index contributed by atoms with van der Waals surface area (Å²) < 4.78 is 13.2. The van der Waals surface area contributed by atoms with Crippen LogP contribution < -0.4 is 20.4 Å². The van der Waals surface area contributed by atoms with Crippen LogP contribution in [0.25, 0.3) is 0 Å². The number of piperazine rings is 1.